The molecule has 1 aromatic carbocycles. The van der Waals surface area contributed by atoms with Crippen LogP contribution in [0.3, 0.4) is 0 Å². The number of thioether (sulfide) groups is 1. The second-order valence-electron chi connectivity index (χ2n) is 3.63. The molecule has 0 radical (unpaired) electrons. The molecule has 1 aliphatic heterocycles. The van der Waals surface area contributed by atoms with Gasteiger partial charge < -0.3 is 5.11 Å². The average molecular weight is 194 g/mol. The molecule has 1 aliphatic rings. The topological polar surface area (TPSA) is 20.2 Å². The number of aliphatic hydroxyl groups excluding tert-OH is 1. The van der Waals surface area contributed by atoms with Crippen LogP contribution >= 0.6 is 11.8 Å². The van der Waals surface area contributed by atoms with E-state index in [1.54, 1.807) is 0 Å². The summed E-state index contributed by atoms with van der Waals surface area (Å²) in [4.78, 5) is 1.35. The SMILES string of the molecule is CC1Cc2c(cccc2C(C)O)S1. The van der Waals surface area contributed by atoms with Gasteiger partial charge in [-0.2, -0.15) is 0 Å². The zero-order chi connectivity index (χ0) is 9.42. The number of aliphatic hydroxyl groups is 1. The summed E-state index contributed by atoms with van der Waals surface area (Å²) in [5, 5.41) is 10.2. The zero-order valence-electron chi connectivity index (χ0n) is 7.95. The van der Waals surface area contributed by atoms with E-state index >= 15 is 0 Å². The molecule has 13 heavy (non-hydrogen) atoms. The van der Waals surface area contributed by atoms with Gasteiger partial charge >= 0.3 is 0 Å². The first-order valence-electron chi connectivity index (χ1n) is 4.65. The monoisotopic (exact) mass is 194 g/mol. The Kier molecular flexibility index (Phi) is 2.35. The third-order valence-corrected chi connectivity index (χ3v) is 3.64. The summed E-state index contributed by atoms with van der Waals surface area (Å²) in [6, 6.07) is 6.21. The Labute approximate surface area is 83.2 Å². The molecular formula is C11H14OS. The highest BCUT2D eigenvalue weighted by Crippen LogP contribution is 2.39. The average Bonchev–Trinajstić information content (AvgIpc) is 2.43. The van der Waals surface area contributed by atoms with Gasteiger partial charge in [-0.25, -0.2) is 0 Å². The van der Waals surface area contributed by atoms with Gasteiger partial charge in [0.05, 0.1) is 6.10 Å². The standard InChI is InChI=1S/C11H14OS/c1-7-6-10-9(8(2)12)4-3-5-11(10)13-7/h3-5,7-8,12H,6H2,1-2H3. The fourth-order valence-electron chi connectivity index (χ4n) is 1.85. The Morgan fingerprint density at radius 2 is 2.31 bits per heavy atom. The van der Waals surface area contributed by atoms with Crippen molar-refractivity contribution in [1.29, 1.82) is 0 Å². The molecule has 2 atom stereocenters. The van der Waals surface area contributed by atoms with Gasteiger partial charge in [0, 0.05) is 10.1 Å². The summed E-state index contributed by atoms with van der Waals surface area (Å²) < 4.78 is 0. The maximum Gasteiger partial charge on any atom is 0.0764 e. The molecule has 0 spiro atoms. The van der Waals surface area contributed by atoms with E-state index < -0.39 is 0 Å². The van der Waals surface area contributed by atoms with Crippen LogP contribution in [0.4, 0.5) is 0 Å². The summed E-state index contributed by atoms with van der Waals surface area (Å²) in [6.45, 7) is 4.07. The summed E-state index contributed by atoms with van der Waals surface area (Å²) >= 11 is 1.91. The molecule has 0 aliphatic carbocycles. The van der Waals surface area contributed by atoms with Crippen molar-refractivity contribution in [3.8, 4) is 0 Å². The Morgan fingerprint density at radius 1 is 1.54 bits per heavy atom. The molecule has 0 saturated heterocycles. The minimum absolute atomic E-state index is 0.333. The van der Waals surface area contributed by atoms with Crippen molar-refractivity contribution in [1.82, 2.24) is 0 Å². The van der Waals surface area contributed by atoms with Gasteiger partial charge in [0.1, 0.15) is 0 Å². The van der Waals surface area contributed by atoms with Crippen molar-refractivity contribution in [3.63, 3.8) is 0 Å². The molecular weight excluding hydrogens is 180 g/mol. The van der Waals surface area contributed by atoms with E-state index in [0.717, 1.165) is 12.0 Å². The van der Waals surface area contributed by atoms with Gasteiger partial charge in [-0.1, -0.05) is 19.1 Å². The van der Waals surface area contributed by atoms with Crippen LogP contribution in [0.25, 0.3) is 0 Å². The van der Waals surface area contributed by atoms with Gasteiger partial charge in [-0.3, -0.25) is 0 Å². The number of rotatable bonds is 1. The van der Waals surface area contributed by atoms with Gasteiger partial charge in [-0.05, 0) is 30.5 Å². The first-order valence-corrected chi connectivity index (χ1v) is 5.53. The van der Waals surface area contributed by atoms with Gasteiger partial charge in [0.25, 0.3) is 0 Å². The summed E-state index contributed by atoms with van der Waals surface area (Å²) in [6.07, 6.45) is 0.766. The second kappa shape index (κ2) is 3.35. The Morgan fingerprint density at radius 3 is 3.00 bits per heavy atom. The largest absolute Gasteiger partial charge is 0.389 e. The summed E-state index contributed by atoms with van der Waals surface area (Å²) in [5.74, 6) is 0. The van der Waals surface area contributed by atoms with Crippen molar-refractivity contribution in [2.45, 2.75) is 36.5 Å². The molecule has 0 bridgehead atoms. The van der Waals surface area contributed by atoms with E-state index in [4.69, 9.17) is 0 Å². The lowest BCUT2D eigenvalue weighted by atomic mass is 10.00. The molecule has 1 N–H and O–H groups in total. The van der Waals surface area contributed by atoms with Crippen molar-refractivity contribution < 1.29 is 5.11 Å². The van der Waals surface area contributed by atoms with Crippen molar-refractivity contribution in [2.24, 2.45) is 0 Å². The van der Waals surface area contributed by atoms with Crippen LogP contribution in [-0.4, -0.2) is 10.4 Å². The van der Waals surface area contributed by atoms with Gasteiger partial charge in [0.15, 0.2) is 0 Å². The molecule has 1 aromatic rings. The van der Waals surface area contributed by atoms with Crippen molar-refractivity contribution in [3.05, 3.63) is 29.3 Å². The second-order valence-corrected chi connectivity index (χ2v) is 5.11. The minimum Gasteiger partial charge on any atom is -0.389 e. The third-order valence-electron chi connectivity index (χ3n) is 2.44. The molecule has 0 fully saturated rings. The lowest BCUT2D eigenvalue weighted by Gasteiger charge is -2.09. The smallest absolute Gasteiger partial charge is 0.0764 e. The third kappa shape index (κ3) is 1.61. The van der Waals surface area contributed by atoms with Crippen LogP contribution in [0.5, 0.6) is 0 Å². The summed E-state index contributed by atoms with van der Waals surface area (Å²) in [5.41, 5.74) is 2.46. The Balaban J connectivity index is 2.45. The molecule has 1 heterocycles. The number of fused-ring (bicyclic) bond motifs is 1. The fourth-order valence-corrected chi connectivity index (χ4v) is 3.03. The van der Waals surface area contributed by atoms with E-state index in [0.29, 0.717) is 5.25 Å². The van der Waals surface area contributed by atoms with Crippen molar-refractivity contribution >= 4 is 11.8 Å². The molecule has 2 heteroatoms. The zero-order valence-corrected chi connectivity index (χ0v) is 8.77. The quantitative estimate of drug-likeness (QED) is 0.742. The minimum atomic E-state index is -0.333. The van der Waals surface area contributed by atoms with E-state index in [-0.39, 0.29) is 6.10 Å². The molecule has 0 aromatic heterocycles. The maximum atomic E-state index is 9.56. The Bertz CT molecular complexity index is 320. The van der Waals surface area contributed by atoms with Crippen molar-refractivity contribution in [2.75, 3.05) is 0 Å². The van der Waals surface area contributed by atoms with Crippen LogP contribution in [0.15, 0.2) is 23.1 Å². The highest BCUT2D eigenvalue weighted by atomic mass is 32.2. The van der Waals surface area contributed by atoms with Crippen LogP contribution < -0.4 is 0 Å². The van der Waals surface area contributed by atoms with E-state index in [1.165, 1.54) is 10.5 Å². The summed E-state index contributed by atoms with van der Waals surface area (Å²) in [7, 11) is 0. The normalized spacial score (nSPS) is 22.8. The van der Waals surface area contributed by atoms with Crippen LogP contribution in [0.1, 0.15) is 31.1 Å². The first kappa shape index (κ1) is 9.10. The molecule has 0 saturated carbocycles. The number of benzene rings is 1. The molecule has 2 rings (SSSR count). The number of hydrogen-bond donors (Lipinski definition) is 1. The van der Waals surface area contributed by atoms with Crippen LogP contribution in [-0.2, 0) is 6.42 Å². The van der Waals surface area contributed by atoms with Crippen LogP contribution in [0, 0.1) is 0 Å². The highest BCUT2D eigenvalue weighted by Gasteiger charge is 2.22. The molecule has 0 amide bonds. The van der Waals surface area contributed by atoms with Crippen LogP contribution in [0.2, 0.25) is 0 Å². The Hall–Kier alpha value is -0.470. The lowest BCUT2D eigenvalue weighted by molar-refractivity contribution is 0.198. The van der Waals surface area contributed by atoms with E-state index in [9.17, 15) is 5.11 Å². The van der Waals surface area contributed by atoms with E-state index in [1.807, 2.05) is 30.8 Å². The molecule has 1 nitrogen and oxygen atoms in total. The predicted octanol–water partition coefficient (Wildman–Crippen LogP) is 2.78. The molecule has 2 unspecified atom stereocenters. The molecule has 70 valence electrons. The van der Waals surface area contributed by atoms with Gasteiger partial charge in [0.2, 0.25) is 0 Å². The predicted molar refractivity (Wildman–Crippen MR) is 56.1 cm³/mol. The first-order chi connectivity index (χ1) is 6.18. The highest BCUT2D eigenvalue weighted by molar-refractivity contribution is 8.00. The van der Waals surface area contributed by atoms with E-state index in [2.05, 4.69) is 13.0 Å². The fraction of sp³-hybridized carbons (Fsp3) is 0.455. The van der Waals surface area contributed by atoms with Gasteiger partial charge in [-0.15, -0.1) is 11.8 Å². The number of hydrogen-bond acceptors (Lipinski definition) is 2. The maximum absolute atomic E-state index is 9.56. The lowest BCUT2D eigenvalue weighted by Crippen LogP contribution is -1.99.